The van der Waals surface area contributed by atoms with E-state index in [1.807, 2.05) is 6.07 Å². The van der Waals surface area contributed by atoms with Crippen molar-refractivity contribution in [1.82, 2.24) is 0 Å². The second kappa shape index (κ2) is 9.71. The molecule has 0 unspecified atom stereocenters. The molecule has 0 saturated heterocycles. The van der Waals surface area contributed by atoms with Crippen LogP contribution in [0, 0.1) is 11.3 Å². The van der Waals surface area contributed by atoms with E-state index in [9.17, 15) is 14.9 Å². The Balaban J connectivity index is 1.83. The van der Waals surface area contributed by atoms with Crippen LogP contribution in [0.4, 0.5) is 5.69 Å². The molecule has 1 aromatic heterocycles. The topological polar surface area (TPSA) is 92.3 Å². The van der Waals surface area contributed by atoms with Gasteiger partial charge in [-0.2, -0.15) is 5.26 Å². The number of halogens is 3. The average Bonchev–Trinajstić information content (AvgIpc) is 3.23. The van der Waals surface area contributed by atoms with Gasteiger partial charge in [-0.1, -0.05) is 46.9 Å². The smallest absolute Gasteiger partial charge is 0.339 e. The molecule has 156 valence electrons. The van der Waals surface area contributed by atoms with Gasteiger partial charge in [-0.15, -0.1) is 0 Å². The van der Waals surface area contributed by atoms with Gasteiger partial charge in [0, 0.05) is 11.6 Å². The Kier molecular flexibility index (Phi) is 7.03. The first-order valence-corrected chi connectivity index (χ1v) is 9.82. The van der Waals surface area contributed by atoms with E-state index >= 15 is 0 Å². The van der Waals surface area contributed by atoms with Crippen LogP contribution in [0.2, 0.25) is 15.1 Å². The third-order valence-electron chi connectivity index (χ3n) is 4.14. The van der Waals surface area contributed by atoms with Crippen LogP contribution >= 0.6 is 34.8 Å². The molecule has 0 fully saturated rings. The van der Waals surface area contributed by atoms with E-state index in [2.05, 4.69) is 10.1 Å². The zero-order valence-corrected chi connectivity index (χ0v) is 18.2. The van der Waals surface area contributed by atoms with Crippen molar-refractivity contribution in [2.24, 2.45) is 0 Å². The maximum atomic E-state index is 12.5. The fourth-order valence-corrected chi connectivity index (χ4v) is 3.22. The molecule has 1 heterocycles. The Morgan fingerprint density at radius 2 is 1.87 bits per heavy atom. The number of furan rings is 1. The van der Waals surface area contributed by atoms with Gasteiger partial charge in [0.15, 0.2) is 0 Å². The molecule has 1 amide bonds. The summed E-state index contributed by atoms with van der Waals surface area (Å²) in [5, 5.41) is 12.6. The third kappa shape index (κ3) is 5.09. The van der Waals surface area contributed by atoms with Crippen molar-refractivity contribution in [1.29, 1.82) is 5.26 Å². The lowest BCUT2D eigenvalue weighted by Crippen LogP contribution is -2.13. The molecule has 6 nitrogen and oxygen atoms in total. The van der Waals surface area contributed by atoms with Gasteiger partial charge < -0.3 is 14.5 Å². The van der Waals surface area contributed by atoms with Crippen LogP contribution in [0.25, 0.3) is 17.4 Å². The van der Waals surface area contributed by atoms with Crippen LogP contribution in [0.15, 0.2) is 58.5 Å². The van der Waals surface area contributed by atoms with Crippen molar-refractivity contribution >= 4 is 58.4 Å². The number of benzene rings is 2. The summed E-state index contributed by atoms with van der Waals surface area (Å²) in [4.78, 5) is 24.1. The van der Waals surface area contributed by atoms with E-state index in [-0.39, 0.29) is 37.7 Å². The maximum Gasteiger partial charge on any atom is 0.339 e. The Morgan fingerprint density at radius 3 is 2.55 bits per heavy atom. The fourth-order valence-electron chi connectivity index (χ4n) is 2.61. The third-order valence-corrected chi connectivity index (χ3v) is 5.27. The van der Waals surface area contributed by atoms with Gasteiger partial charge in [0.25, 0.3) is 5.91 Å². The minimum atomic E-state index is -0.671. The van der Waals surface area contributed by atoms with Crippen LogP contribution in [0.5, 0.6) is 0 Å². The number of carbonyl (C=O) groups excluding carboxylic acids is 2. The van der Waals surface area contributed by atoms with Gasteiger partial charge in [0.05, 0.1) is 33.4 Å². The molecule has 1 N–H and O–H groups in total. The lowest BCUT2D eigenvalue weighted by molar-refractivity contribution is -0.112. The molecule has 0 saturated carbocycles. The highest BCUT2D eigenvalue weighted by molar-refractivity contribution is 6.44. The number of amides is 1. The minimum Gasteiger partial charge on any atom is -0.465 e. The van der Waals surface area contributed by atoms with Crippen LogP contribution < -0.4 is 5.32 Å². The van der Waals surface area contributed by atoms with Crippen LogP contribution in [0.1, 0.15) is 16.1 Å². The Hall–Kier alpha value is -3.24. The number of nitrogens with zero attached hydrogens (tertiary/aromatic N) is 1. The van der Waals surface area contributed by atoms with Gasteiger partial charge in [-0.3, -0.25) is 4.79 Å². The lowest BCUT2D eigenvalue weighted by atomic mass is 10.1. The molecule has 0 aliphatic carbocycles. The molecule has 2 aromatic carbocycles. The molecule has 31 heavy (non-hydrogen) atoms. The van der Waals surface area contributed by atoms with Crippen molar-refractivity contribution in [3.05, 3.63) is 80.5 Å². The molecular formula is C22H13Cl3N2O4. The zero-order chi connectivity index (χ0) is 22.5. The molecule has 0 atom stereocenters. The monoisotopic (exact) mass is 474 g/mol. The van der Waals surface area contributed by atoms with Gasteiger partial charge in [0.1, 0.15) is 23.2 Å². The zero-order valence-electron chi connectivity index (χ0n) is 15.9. The summed E-state index contributed by atoms with van der Waals surface area (Å²) >= 11 is 18.1. The number of esters is 1. The molecule has 3 rings (SSSR count). The summed E-state index contributed by atoms with van der Waals surface area (Å²) in [6.45, 7) is 0. The number of anilines is 1. The molecule has 0 spiro atoms. The molecular weight excluding hydrogens is 463 g/mol. The first-order chi connectivity index (χ1) is 14.8. The van der Waals surface area contributed by atoms with Crippen LogP contribution in [0.3, 0.4) is 0 Å². The summed E-state index contributed by atoms with van der Waals surface area (Å²) < 4.78 is 10.4. The maximum absolute atomic E-state index is 12.5. The van der Waals surface area contributed by atoms with E-state index in [0.717, 1.165) is 0 Å². The second-order valence-electron chi connectivity index (χ2n) is 6.11. The normalized spacial score (nSPS) is 11.0. The minimum absolute atomic E-state index is 0.169. The fraction of sp³-hybridized carbons (Fsp3) is 0.0455. The lowest BCUT2D eigenvalue weighted by Gasteiger charge is -2.07. The summed E-state index contributed by atoms with van der Waals surface area (Å²) in [7, 11) is 1.26. The number of methoxy groups -OCH3 is 1. The number of rotatable bonds is 5. The first-order valence-electron chi connectivity index (χ1n) is 8.69. The Labute approximate surface area is 192 Å². The quantitative estimate of drug-likeness (QED) is 0.268. The van der Waals surface area contributed by atoms with Gasteiger partial charge in [-0.25, -0.2) is 4.79 Å². The van der Waals surface area contributed by atoms with Crippen molar-refractivity contribution in [2.75, 3.05) is 12.4 Å². The highest BCUT2D eigenvalue weighted by atomic mass is 35.5. The predicted molar refractivity (Wildman–Crippen MR) is 119 cm³/mol. The largest absolute Gasteiger partial charge is 0.465 e. The number of carbonyl (C=O) groups is 2. The standard InChI is InChI=1S/C22H13Cl3N2O4/c1-30-22(29)15-7-5-12(10-17(15)24)19-8-6-14(31-19)9-13(11-26)21(28)27-18-4-2-3-16(23)20(18)25/h2-10H,1H3,(H,27,28)/b13-9-. The van der Waals surface area contributed by atoms with E-state index in [1.165, 1.54) is 19.3 Å². The summed E-state index contributed by atoms with van der Waals surface area (Å²) in [5.74, 6) is -0.522. The molecule has 0 radical (unpaired) electrons. The van der Waals surface area contributed by atoms with Crippen LogP contribution in [-0.2, 0) is 9.53 Å². The SMILES string of the molecule is COC(=O)c1ccc(-c2ccc(/C=C(/C#N)C(=O)Nc3cccc(Cl)c3Cl)o2)cc1Cl. The number of hydrogen-bond donors (Lipinski definition) is 1. The molecule has 3 aromatic rings. The van der Waals surface area contributed by atoms with Gasteiger partial charge in [-0.05, 0) is 36.4 Å². The van der Waals surface area contributed by atoms with Crippen molar-refractivity contribution < 1.29 is 18.7 Å². The Bertz CT molecular complexity index is 1240. The van der Waals surface area contributed by atoms with E-state index < -0.39 is 11.9 Å². The van der Waals surface area contributed by atoms with Gasteiger partial charge >= 0.3 is 5.97 Å². The summed E-state index contributed by atoms with van der Waals surface area (Å²) in [6.07, 6.45) is 1.29. The Morgan fingerprint density at radius 1 is 1.10 bits per heavy atom. The number of nitrogens with one attached hydrogen (secondary N) is 1. The van der Waals surface area contributed by atoms with E-state index in [1.54, 1.807) is 42.5 Å². The average molecular weight is 476 g/mol. The molecule has 0 aliphatic heterocycles. The van der Waals surface area contributed by atoms with Crippen LogP contribution in [-0.4, -0.2) is 19.0 Å². The van der Waals surface area contributed by atoms with Crippen molar-refractivity contribution in [3.8, 4) is 17.4 Å². The summed E-state index contributed by atoms with van der Waals surface area (Å²) in [6, 6.07) is 14.5. The first kappa shape index (κ1) is 22.4. The molecule has 0 aliphatic rings. The predicted octanol–water partition coefficient (Wildman–Crippen LogP) is 6.24. The van der Waals surface area contributed by atoms with E-state index in [4.69, 9.17) is 39.2 Å². The highest BCUT2D eigenvalue weighted by Crippen LogP contribution is 2.30. The van der Waals surface area contributed by atoms with Gasteiger partial charge in [0.2, 0.25) is 0 Å². The molecule has 9 heteroatoms. The second-order valence-corrected chi connectivity index (χ2v) is 7.31. The van der Waals surface area contributed by atoms with E-state index in [0.29, 0.717) is 11.3 Å². The number of nitriles is 1. The van der Waals surface area contributed by atoms with Crippen molar-refractivity contribution in [2.45, 2.75) is 0 Å². The number of hydrogen-bond acceptors (Lipinski definition) is 5. The highest BCUT2D eigenvalue weighted by Gasteiger charge is 2.15. The molecule has 0 bridgehead atoms. The number of ether oxygens (including phenoxy) is 1. The summed E-state index contributed by atoms with van der Waals surface area (Å²) in [5.41, 5.74) is 0.908. The van der Waals surface area contributed by atoms with Crippen molar-refractivity contribution in [3.63, 3.8) is 0 Å².